The maximum absolute atomic E-state index is 6.13. The molecule has 0 N–H and O–H groups in total. The van der Waals surface area contributed by atoms with Gasteiger partial charge in [0.15, 0.2) is 0 Å². The molecule has 0 fully saturated rings. The molecule has 0 saturated heterocycles. The third-order valence-electron chi connectivity index (χ3n) is 4.41. The van der Waals surface area contributed by atoms with Gasteiger partial charge in [-0.2, -0.15) is 0 Å². The Hall–Kier alpha value is -3.50. The van der Waals surface area contributed by atoms with E-state index in [0.29, 0.717) is 0 Å². The van der Waals surface area contributed by atoms with Gasteiger partial charge in [-0.25, -0.2) is 4.98 Å². The molecule has 0 aliphatic carbocycles. The predicted molar refractivity (Wildman–Crippen MR) is 115 cm³/mol. The summed E-state index contributed by atoms with van der Waals surface area (Å²) in [5, 5.41) is 0.994. The second-order valence-corrected chi connectivity index (χ2v) is 7.39. The molecule has 134 valence electrons. The van der Waals surface area contributed by atoms with Gasteiger partial charge >= 0.3 is 0 Å². The Labute approximate surface area is 166 Å². The summed E-state index contributed by atoms with van der Waals surface area (Å²) in [6.07, 6.45) is 1.80. The molecular formula is C24H16N2OS. The molecule has 0 amide bonds. The van der Waals surface area contributed by atoms with Crippen LogP contribution in [0.3, 0.4) is 0 Å². The molecule has 3 aromatic carbocycles. The van der Waals surface area contributed by atoms with Crippen LogP contribution in [-0.2, 0) is 0 Å². The normalized spacial score (nSPS) is 10.9. The first kappa shape index (κ1) is 16.7. The second-order valence-electron chi connectivity index (χ2n) is 6.36. The van der Waals surface area contributed by atoms with Gasteiger partial charge in [0.05, 0.1) is 15.9 Å². The monoisotopic (exact) mass is 380 g/mol. The summed E-state index contributed by atoms with van der Waals surface area (Å²) in [4.78, 5) is 9.15. The van der Waals surface area contributed by atoms with Crippen LogP contribution in [0.4, 0.5) is 0 Å². The summed E-state index contributed by atoms with van der Waals surface area (Å²) in [6.45, 7) is 0. The smallest absolute Gasteiger partial charge is 0.128 e. The van der Waals surface area contributed by atoms with Crippen LogP contribution >= 0.6 is 11.3 Å². The topological polar surface area (TPSA) is 35.0 Å². The van der Waals surface area contributed by atoms with E-state index in [9.17, 15) is 0 Å². The van der Waals surface area contributed by atoms with Crippen LogP contribution in [0.15, 0.2) is 97.2 Å². The molecule has 0 saturated carbocycles. The van der Waals surface area contributed by atoms with Crippen molar-refractivity contribution < 1.29 is 4.74 Å². The van der Waals surface area contributed by atoms with E-state index in [1.165, 1.54) is 4.70 Å². The highest BCUT2D eigenvalue weighted by Crippen LogP contribution is 2.33. The first-order valence-electron chi connectivity index (χ1n) is 9.00. The molecule has 0 aliphatic heterocycles. The lowest BCUT2D eigenvalue weighted by atomic mass is 10.1. The average molecular weight is 380 g/mol. The Morgan fingerprint density at radius 2 is 1.43 bits per heavy atom. The van der Waals surface area contributed by atoms with Crippen LogP contribution in [0, 0.1) is 0 Å². The van der Waals surface area contributed by atoms with E-state index >= 15 is 0 Å². The summed E-state index contributed by atoms with van der Waals surface area (Å²) in [5.74, 6) is 1.57. The van der Waals surface area contributed by atoms with E-state index in [4.69, 9.17) is 9.72 Å². The van der Waals surface area contributed by atoms with Gasteiger partial charge in [-0.1, -0.05) is 42.5 Å². The van der Waals surface area contributed by atoms with Crippen LogP contribution in [0.5, 0.6) is 11.5 Å². The lowest BCUT2D eigenvalue weighted by Gasteiger charge is -2.08. The van der Waals surface area contributed by atoms with Gasteiger partial charge in [0.1, 0.15) is 16.5 Å². The van der Waals surface area contributed by atoms with Crippen molar-refractivity contribution in [2.45, 2.75) is 0 Å². The van der Waals surface area contributed by atoms with Crippen LogP contribution in [0.25, 0.3) is 32.0 Å². The number of fused-ring (bicyclic) bond motifs is 1. The molecule has 0 spiro atoms. The molecule has 0 bridgehead atoms. The number of pyridine rings is 1. The van der Waals surface area contributed by atoms with Crippen molar-refractivity contribution in [1.29, 1.82) is 0 Å². The van der Waals surface area contributed by atoms with Crippen LogP contribution in [0.2, 0.25) is 0 Å². The predicted octanol–water partition coefficient (Wildman–Crippen LogP) is 6.82. The Balaban J connectivity index is 1.44. The summed E-state index contributed by atoms with van der Waals surface area (Å²) >= 11 is 1.69. The molecule has 0 radical (unpaired) electrons. The highest BCUT2D eigenvalue weighted by atomic mass is 32.1. The summed E-state index contributed by atoms with van der Waals surface area (Å²) in [7, 11) is 0. The van der Waals surface area contributed by atoms with Crippen molar-refractivity contribution >= 4 is 21.6 Å². The Kier molecular flexibility index (Phi) is 4.31. The summed E-state index contributed by atoms with van der Waals surface area (Å²) in [5.41, 5.74) is 4.04. The number of rotatable bonds is 4. The maximum atomic E-state index is 6.13. The third kappa shape index (κ3) is 3.38. The van der Waals surface area contributed by atoms with Gasteiger partial charge in [0, 0.05) is 17.3 Å². The number of aromatic nitrogens is 2. The molecule has 0 atom stereocenters. The molecule has 2 heterocycles. The lowest BCUT2D eigenvalue weighted by molar-refractivity contribution is 0.483. The zero-order valence-corrected chi connectivity index (χ0v) is 15.8. The van der Waals surface area contributed by atoms with Gasteiger partial charge in [-0.3, -0.25) is 4.98 Å². The number of para-hydroxylation sites is 1. The minimum absolute atomic E-state index is 0.782. The molecule has 0 aliphatic rings. The van der Waals surface area contributed by atoms with Crippen LogP contribution in [-0.4, -0.2) is 9.97 Å². The number of nitrogens with zero attached hydrogens (tertiary/aromatic N) is 2. The van der Waals surface area contributed by atoms with E-state index in [0.717, 1.165) is 38.8 Å². The van der Waals surface area contributed by atoms with Crippen LogP contribution in [0.1, 0.15) is 0 Å². The van der Waals surface area contributed by atoms with Crippen molar-refractivity contribution in [1.82, 2.24) is 9.97 Å². The fourth-order valence-electron chi connectivity index (χ4n) is 3.08. The van der Waals surface area contributed by atoms with Gasteiger partial charge in [-0.15, -0.1) is 11.3 Å². The van der Waals surface area contributed by atoms with Crippen molar-refractivity contribution in [3.05, 3.63) is 97.2 Å². The maximum Gasteiger partial charge on any atom is 0.128 e. The number of hydrogen-bond acceptors (Lipinski definition) is 4. The molecule has 5 aromatic rings. The van der Waals surface area contributed by atoms with Gasteiger partial charge in [0.25, 0.3) is 0 Å². The second kappa shape index (κ2) is 7.25. The zero-order valence-electron chi connectivity index (χ0n) is 14.9. The fraction of sp³-hybridized carbons (Fsp3) is 0. The van der Waals surface area contributed by atoms with E-state index < -0.39 is 0 Å². The highest BCUT2D eigenvalue weighted by Gasteiger charge is 2.08. The van der Waals surface area contributed by atoms with E-state index in [1.807, 2.05) is 78.9 Å². The Morgan fingerprint density at radius 1 is 0.679 bits per heavy atom. The first-order chi connectivity index (χ1) is 13.8. The van der Waals surface area contributed by atoms with Crippen molar-refractivity contribution in [2.75, 3.05) is 0 Å². The molecule has 2 aromatic heterocycles. The van der Waals surface area contributed by atoms with Gasteiger partial charge < -0.3 is 4.74 Å². The highest BCUT2D eigenvalue weighted by molar-refractivity contribution is 7.21. The van der Waals surface area contributed by atoms with Gasteiger partial charge in [-0.05, 0) is 48.5 Å². The number of benzene rings is 3. The Bertz CT molecular complexity index is 1210. The quantitative estimate of drug-likeness (QED) is 0.343. The van der Waals surface area contributed by atoms with E-state index in [-0.39, 0.29) is 0 Å². The minimum Gasteiger partial charge on any atom is -0.457 e. The molecule has 4 heteroatoms. The lowest BCUT2D eigenvalue weighted by Crippen LogP contribution is -1.87. The zero-order chi connectivity index (χ0) is 18.8. The molecular weight excluding hydrogens is 364 g/mol. The van der Waals surface area contributed by atoms with Crippen molar-refractivity contribution in [2.24, 2.45) is 0 Å². The molecule has 28 heavy (non-hydrogen) atoms. The third-order valence-corrected chi connectivity index (χ3v) is 5.49. The fourth-order valence-corrected chi connectivity index (χ4v) is 4.04. The number of thiazole rings is 1. The number of ether oxygens (including phenoxy) is 1. The number of hydrogen-bond donors (Lipinski definition) is 0. The molecule has 3 nitrogen and oxygen atoms in total. The summed E-state index contributed by atoms with van der Waals surface area (Å²) in [6, 6.07) is 30.1. The average Bonchev–Trinajstić information content (AvgIpc) is 3.19. The molecule has 5 rings (SSSR count). The largest absolute Gasteiger partial charge is 0.457 e. The SMILES string of the molecule is c1ccc(-c2cccc(Oc3cccc(-c4nc5ccccc5s4)c3)c2)nc1. The van der Waals surface area contributed by atoms with E-state index in [2.05, 4.69) is 17.1 Å². The van der Waals surface area contributed by atoms with Crippen LogP contribution < -0.4 is 4.74 Å². The van der Waals surface area contributed by atoms with Crippen molar-refractivity contribution in [3.63, 3.8) is 0 Å². The minimum atomic E-state index is 0.782. The van der Waals surface area contributed by atoms with Crippen molar-refractivity contribution in [3.8, 4) is 33.3 Å². The first-order valence-corrected chi connectivity index (χ1v) is 9.82. The van der Waals surface area contributed by atoms with Gasteiger partial charge in [0.2, 0.25) is 0 Å². The summed E-state index contributed by atoms with van der Waals surface area (Å²) < 4.78 is 7.31. The Morgan fingerprint density at radius 3 is 2.21 bits per heavy atom. The standard InChI is InChI=1S/C24H16N2OS/c1-2-13-23-22(12-1)26-24(28-23)18-8-6-10-20(16-18)27-19-9-5-7-17(15-19)21-11-3-4-14-25-21/h1-16H. The van der Waals surface area contributed by atoms with E-state index in [1.54, 1.807) is 17.5 Å². The molecule has 0 unspecified atom stereocenters.